The zero-order valence-electron chi connectivity index (χ0n) is 18.6. The van der Waals surface area contributed by atoms with Crippen molar-refractivity contribution in [3.05, 3.63) is 119 Å². The Balaban J connectivity index is 1.59. The van der Waals surface area contributed by atoms with E-state index in [1.165, 1.54) is 23.9 Å². The quantitative estimate of drug-likeness (QED) is 0.255. The van der Waals surface area contributed by atoms with Crippen LogP contribution < -0.4 is 10.0 Å². The van der Waals surface area contributed by atoms with Crippen molar-refractivity contribution in [1.29, 1.82) is 0 Å². The molecule has 0 aromatic heterocycles. The largest absolute Gasteiger partial charge is 0.324 e. The van der Waals surface area contributed by atoms with Crippen molar-refractivity contribution in [1.82, 2.24) is 4.72 Å². The van der Waals surface area contributed by atoms with Gasteiger partial charge in [0.15, 0.2) is 0 Å². The monoisotopic (exact) mass is 566 g/mol. The lowest BCUT2D eigenvalue weighted by Crippen LogP contribution is -2.45. The molecule has 178 valence electrons. The average Bonchev–Trinajstić information content (AvgIpc) is 2.86. The highest BCUT2D eigenvalue weighted by Crippen LogP contribution is 2.33. The number of anilines is 1. The van der Waals surface area contributed by atoms with Gasteiger partial charge in [-0.25, -0.2) is 8.42 Å². The summed E-state index contributed by atoms with van der Waals surface area (Å²) in [6.45, 7) is 0. The number of benzene rings is 4. The number of amides is 1. The molecule has 2 N–H and O–H groups in total. The summed E-state index contributed by atoms with van der Waals surface area (Å²) in [6, 6.07) is 31.9. The molecule has 0 fully saturated rings. The Morgan fingerprint density at radius 3 is 2.09 bits per heavy atom. The number of carbonyl (C=O) groups excluding carboxylic acids is 1. The molecular weight excluding hydrogens is 544 g/mol. The van der Waals surface area contributed by atoms with E-state index in [0.29, 0.717) is 5.69 Å². The smallest absolute Gasteiger partial charge is 0.242 e. The zero-order valence-corrected chi connectivity index (χ0v) is 21.8. The molecule has 0 spiro atoms. The van der Waals surface area contributed by atoms with Crippen LogP contribution in [-0.4, -0.2) is 20.4 Å². The molecule has 4 rings (SSSR count). The van der Waals surface area contributed by atoms with E-state index in [0.717, 1.165) is 19.8 Å². The Hall–Kier alpha value is -2.91. The average molecular weight is 568 g/mol. The zero-order chi connectivity index (χ0) is 24.7. The number of para-hydroxylation sites is 1. The van der Waals surface area contributed by atoms with Crippen molar-refractivity contribution >= 4 is 49.3 Å². The number of sulfonamides is 1. The standard InChI is InChI=1S/C27H23BrN2O3S2/c28-21-15-17-23(18-16-21)35(32,33)30-25(19-20-9-3-1-4-10-20)27(31)29-24-13-7-8-14-26(24)34-22-11-5-2-6-12-22/h1-18,25,30H,19H2,(H,29,31)/t25-/m0/s1. The normalized spacial score (nSPS) is 12.1. The van der Waals surface area contributed by atoms with Crippen LogP contribution in [0.4, 0.5) is 5.69 Å². The van der Waals surface area contributed by atoms with Gasteiger partial charge in [0.05, 0.1) is 10.6 Å². The van der Waals surface area contributed by atoms with Gasteiger partial charge >= 0.3 is 0 Å². The molecule has 4 aromatic rings. The highest BCUT2D eigenvalue weighted by atomic mass is 79.9. The van der Waals surface area contributed by atoms with E-state index in [-0.39, 0.29) is 11.3 Å². The lowest BCUT2D eigenvalue weighted by Gasteiger charge is -2.20. The second-order valence-electron chi connectivity index (χ2n) is 7.72. The van der Waals surface area contributed by atoms with E-state index >= 15 is 0 Å². The second kappa shape index (κ2) is 11.7. The van der Waals surface area contributed by atoms with E-state index in [9.17, 15) is 13.2 Å². The topological polar surface area (TPSA) is 75.3 Å². The minimum atomic E-state index is -3.93. The Kier molecular flexibility index (Phi) is 8.41. The minimum absolute atomic E-state index is 0.0894. The fourth-order valence-corrected chi connectivity index (χ4v) is 5.78. The van der Waals surface area contributed by atoms with Gasteiger partial charge in [-0.3, -0.25) is 4.79 Å². The summed E-state index contributed by atoms with van der Waals surface area (Å²) in [6.07, 6.45) is 0.205. The SMILES string of the molecule is O=C(Nc1ccccc1Sc1ccccc1)[C@H](Cc1ccccc1)NS(=O)(=O)c1ccc(Br)cc1. The number of halogens is 1. The lowest BCUT2D eigenvalue weighted by atomic mass is 10.1. The summed E-state index contributed by atoms with van der Waals surface area (Å²) < 4.78 is 29.6. The summed E-state index contributed by atoms with van der Waals surface area (Å²) in [5.41, 5.74) is 1.46. The van der Waals surface area contributed by atoms with E-state index < -0.39 is 22.0 Å². The van der Waals surface area contributed by atoms with E-state index in [1.807, 2.05) is 84.9 Å². The highest BCUT2D eigenvalue weighted by Gasteiger charge is 2.27. The predicted molar refractivity (Wildman–Crippen MR) is 144 cm³/mol. The molecule has 0 heterocycles. The molecule has 1 atom stereocenters. The molecule has 0 radical (unpaired) electrons. The first-order chi connectivity index (χ1) is 16.9. The summed E-state index contributed by atoms with van der Waals surface area (Å²) in [5, 5.41) is 2.94. The molecule has 0 bridgehead atoms. The molecule has 1 amide bonds. The van der Waals surface area contributed by atoms with Gasteiger partial charge in [0.2, 0.25) is 15.9 Å². The van der Waals surface area contributed by atoms with Crippen molar-refractivity contribution in [3.8, 4) is 0 Å². The third-order valence-corrected chi connectivity index (χ3v) is 8.24. The molecule has 0 aliphatic carbocycles. The van der Waals surface area contributed by atoms with Crippen molar-refractivity contribution < 1.29 is 13.2 Å². The van der Waals surface area contributed by atoms with Crippen LogP contribution in [-0.2, 0) is 21.2 Å². The number of hydrogen-bond donors (Lipinski definition) is 2. The third kappa shape index (κ3) is 7.05. The summed E-state index contributed by atoms with van der Waals surface area (Å²) >= 11 is 4.84. The fourth-order valence-electron chi connectivity index (χ4n) is 3.40. The van der Waals surface area contributed by atoms with Crippen LogP contribution in [0.3, 0.4) is 0 Å². The molecule has 0 saturated carbocycles. The van der Waals surface area contributed by atoms with Gasteiger partial charge in [-0.05, 0) is 60.5 Å². The highest BCUT2D eigenvalue weighted by molar-refractivity contribution is 9.10. The van der Waals surface area contributed by atoms with Gasteiger partial charge in [0.25, 0.3) is 0 Å². The number of nitrogens with one attached hydrogen (secondary N) is 2. The van der Waals surface area contributed by atoms with Crippen LogP contribution in [0.15, 0.2) is 128 Å². The van der Waals surface area contributed by atoms with E-state index in [1.54, 1.807) is 12.1 Å². The molecule has 0 unspecified atom stereocenters. The van der Waals surface area contributed by atoms with Crippen LogP contribution in [0.5, 0.6) is 0 Å². The van der Waals surface area contributed by atoms with Crippen LogP contribution in [0.1, 0.15) is 5.56 Å². The van der Waals surface area contributed by atoms with Gasteiger partial charge in [0, 0.05) is 14.3 Å². The summed E-state index contributed by atoms with van der Waals surface area (Å²) in [7, 11) is -3.93. The first-order valence-electron chi connectivity index (χ1n) is 10.9. The Labute approximate surface area is 218 Å². The Morgan fingerprint density at radius 2 is 1.40 bits per heavy atom. The lowest BCUT2D eigenvalue weighted by molar-refractivity contribution is -0.117. The van der Waals surface area contributed by atoms with E-state index in [2.05, 4.69) is 26.0 Å². The summed E-state index contributed by atoms with van der Waals surface area (Å²) in [5.74, 6) is -0.435. The van der Waals surface area contributed by atoms with Crippen LogP contribution in [0.25, 0.3) is 0 Å². The summed E-state index contributed by atoms with van der Waals surface area (Å²) in [4.78, 5) is 15.4. The Morgan fingerprint density at radius 1 is 0.800 bits per heavy atom. The third-order valence-electron chi connectivity index (χ3n) is 5.14. The number of hydrogen-bond acceptors (Lipinski definition) is 4. The van der Waals surface area contributed by atoms with Gasteiger partial charge in [-0.15, -0.1) is 0 Å². The predicted octanol–water partition coefficient (Wildman–Crippen LogP) is 6.13. The van der Waals surface area contributed by atoms with Gasteiger partial charge in [0.1, 0.15) is 6.04 Å². The molecule has 5 nitrogen and oxygen atoms in total. The molecule has 0 aliphatic rings. The minimum Gasteiger partial charge on any atom is -0.324 e. The molecule has 0 saturated heterocycles. The first kappa shape index (κ1) is 25.2. The Bertz CT molecular complexity index is 1380. The van der Waals surface area contributed by atoms with Crippen LogP contribution in [0.2, 0.25) is 0 Å². The van der Waals surface area contributed by atoms with E-state index in [4.69, 9.17) is 0 Å². The number of carbonyl (C=O) groups is 1. The van der Waals surface area contributed by atoms with Crippen LogP contribution >= 0.6 is 27.7 Å². The molecule has 0 aliphatic heterocycles. The first-order valence-corrected chi connectivity index (χ1v) is 13.9. The molecular formula is C27H23BrN2O3S2. The maximum Gasteiger partial charge on any atom is 0.242 e. The molecule has 4 aromatic carbocycles. The van der Waals surface area contributed by atoms with Crippen molar-refractivity contribution in [2.45, 2.75) is 27.1 Å². The van der Waals surface area contributed by atoms with Gasteiger partial charge in [-0.2, -0.15) is 4.72 Å². The van der Waals surface area contributed by atoms with Gasteiger partial charge < -0.3 is 5.32 Å². The number of rotatable bonds is 9. The molecule has 8 heteroatoms. The van der Waals surface area contributed by atoms with Crippen molar-refractivity contribution in [2.24, 2.45) is 0 Å². The second-order valence-corrected chi connectivity index (χ2v) is 11.5. The molecule has 35 heavy (non-hydrogen) atoms. The maximum absolute atomic E-state index is 13.4. The van der Waals surface area contributed by atoms with Crippen molar-refractivity contribution in [2.75, 3.05) is 5.32 Å². The van der Waals surface area contributed by atoms with Crippen molar-refractivity contribution in [3.63, 3.8) is 0 Å². The van der Waals surface area contributed by atoms with Crippen LogP contribution in [0, 0.1) is 0 Å². The maximum atomic E-state index is 13.4. The van der Waals surface area contributed by atoms with Gasteiger partial charge in [-0.1, -0.05) is 88.4 Å². The fraction of sp³-hybridized carbons (Fsp3) is 0.0741.